The summed E-state index contributed by atoms with van der Waals surface area (Å²) in [5.74, 6) is 0.905. The maximum absolute atomic E-state index is 12.8. The third-order valence-corrected chi connectivity index (χ3v) is 5.69. The van der Waals surface area contributed by atoms with Crippen molar-refractivity contribution in [1.29, 1.82) is 0 Å². The molecule has 1 aliphatic rings. The van der Waals surface area contributed by atoms with Crippen LogP contribution in [-0.2, 0) is 0 Å². The highest BCUT2D eigenvalue weighted by Gasteiger charge is 2.24. The van der Waals surface area contributed by atoms with Crippen LogP contribution in [0.15, 0.2) is 48.5 Å². The summed E-state index contributed by atoms with van der Waals surface area (Å²) >= 11 is 5.98. The third kappa shape index (κ3) is 4.46. The number of amides is 1. The first-order valence-electron chi connectivity index (χ1n) is 9.94. The molecule has 5 nitrogen and oxygen atoms in total. The van der Waals surface area contributed by atoms with Crippen LogP contribution in [-0.4, -0.2) is 35.2 Å². The average molecular weight is 409 g/mol. The Morgan fingerprint density at radius 3 is 2.76 bits per heavy atom. The number of piperidine rings is 1. The van der Waals surface area contributed by atoms with Crippen LogP contribution in [0, 0.1) is 13.8 Å². The van der Waals surface area contributed by atoms with Gasteiger partial charge in [0.25, 0.3) is 5.91 Å². The molecule has 2 aromatic carbocycles. The second-order valence-corrected chi connectivity index (χ2v) is 8.16. The van der Waals surface area contributed by atoms with E-state index in [2.05, 4.69) is 26.5 Å². The van der Waals surface area contributed by atoms with Crippen LogP contribution in [0.25, 0.3) is 11.3 Å². The zero-order chi connectivity index (χ0) is 20.4. The molecule has 29 heavy (non-hydrogen) atoms. The molecule has 4 rings (SSSR count). The molecule has 1 saturated heterocycles. The summed E-state index contributed by atoms with van der Waals surface area (Å²) in [4.78, 5) is 15.0. The van der Waals surface area contributed by atoms with Crippen molar-refractivity contribution in [3.63, 3.8) is 0 Å². The van der Waals surface area contributed by atoms with Crippen molar-refractivity contribution >= 4 is 23.3 Å². The van der Waals surface area contributed by atoms with E-state index in [1.807, 2.05) is 56.3 Å². The van der Waals surface area contributed by atoms with Gasteiger partial charge in [-0.2, -0.15) is 5.10 Å². The van der Waals surface area contributed by atoms with Gasteiger partial charge in [0.15, 0.2) is 5.82 Å². The molecular formula is C23H25ClN4O. The Bertz CT molecular complexity index is 1010. The third-order valence-electron chi connectivity index (χ3n) is 5.44. The van der Waals surface area contributed by atoms with E-state index in [1.54, 1.807) is 0 Å². The molecule has 1 fully saturated rings. The number of nitrogens with zero attached hydrogens (tertiary/aromatic N) is 2. The number of hydrogen-bond donors (Lipinski definition) is 2. The minimum Gasteiger partial charge on any atom is -0.353 e. The van der Waals surface area contributed by atoms with Gasteiger partial charge in [-0.15, -0.1) is 0 Å². The summed E-state index contributed by atoms with van der Waals surface area (Å²) in [7, 11) is 0. The topological polar surface area (TPSA) is 61.0 Å². The lowest BCUT2D eigenvalue weighted by atomic mass is 10.0. The molecule has 1 atom stereocenters. The number of carbonyl (C=O) groups is 1. The van der Waals surface area contributed by atoms with Gasteiger partial charge in [0.1, 0.15) is 0 Å². The van der Waals surface area contributed by atoms with E-state index in [0.29, 0.717) is 5.02 Å². The Morgan fingerprint density at radius 2 is 1.97 bits per heavy atom. The standard InChI is InChI=1S/C23H25ClN4O/c1-15-5-6-16(2)20(12-15)23(29)25-19-4-3-11-28(14-19)22-13-21(26-27-22)17-7-9-18(24)10-8-17/h5-10,12-13,19H,3-4,11,14H2,1-2H3,(H,25,29)(H,26,27). The summed E-state index contributed by atoms with van der Waals surface area (Å²) < 4.78 is 0. The number of hydrogen-bond acceptors (Lipinski definition) is 3. The van der Waals surface area contributed by atoms with Crippen molar-refractivity contribution in [3.8, 4) is 11.3 Å². The monoisotopic (exact) mass is 408 g/mol. The van der Waals surface area contributed by atoms with Gasteiger partial charge in [0.2, 0.25) is 0 Å². The first kappa shape index (κ1) is 19.5. The van der Waals surface area contributed by atoms with Crippen molar-refractivity contribution in [1.82, 2.24) is 15.5 Å². The van der Waals surface area contributed by atoms with E-state index in [0.717, 1.165) is 59.7 Å². The molecule has 1 aliphatic heterocycles. The zero-order valence-electron chi connectivity index (χ0n) is 16.7. The zero-order valence-corrected chi connectivity index (χ0v) is 17.5. The highest BCUT2D eigenvalue weighted by molar-refractivity contribution is 6.30. The summed E-state index contributed by atoms with van der Waals surface area (Å²) in [5, 5.41) is 11.5. The molecule has 2 heterocycles. The number of H-pyrrole nitrogens is 1. The number of anilines is 1. The second kappa shape index (κ2) is 8.29. The number of carbonyl (C=O) groups excluding carboxylic acids is 1. The average Bonchev–Trinajstić information content (AvgIpc) is 3.21. The Labute approximate surface area is 176 Å². The van der Waals surface area contributed by atoms with Crippen molar-refractivity contribution in [2.45, 2.75) is 32.7 Å². The normalized spacial score (nSPS) is 16.7. The summed E-state index contributed by atoms with van der Waals surface area (Å²) in [6.07, 6.45) is 1.99. The van der Waals surface area contributed by atoms with Gasteiger partial charge in [-0.05, 0) is 56.0 Å². The molecular weight excluding hydrogens is 384 g/mol. The lowest BCUT2D eigenvalue weighted by Gasteiger charge is -2.33. The first-order valence-corrected chi connectivity index (χ1v) is 10.3. The quantitative estimate of drug-likeness (QED) is 0.655. The molecule has 1 unspecified atom stereocenters. The van der Waals surface area contributed by atoms with Crippen LogP contribution >= 0.6 is 11.6 Å². The summed E-state index contributed by atoms with van der Waals surface area (Å²) in [5.41, 5.74) is 4.85. The van der Waals surface area contributed by atoms with Gasteiger partial charge in [-0.1, -0.05) is 41.4 Å². The van der Waals surface area contributed by atoms with E-state index < -0.39 is 0 Å². The van der Waals surface area contributed by atoms with E-state index >= 15 is 0 Å². The lowest BCUT2D eigenvalue weighted by molar-refractivity contribution is 0.0932. The minimum absolute atomic E-state index is 0.00179. The van der Waals surface area contributed by atoms with Gasteiger partial charge < -0.3 is 10.2 Å². The predicted molar refractivity (Wildman–Crippen MR) is 118 cm³/mol. The van der Waals surface area contributed by atoms with Crippen LogP contribution < -0.4 is 10.2 Å². The van der Waals surface area contributed by atoms with Gasteiger partial charge in [0, 0.05) is 35.8 Å². The maximum atomic E-state index is 12.8. The molecule has 0 aliphatic carbocycles. The number of nitrogens with one attached hydrogen (secondary N) is 2. The number of rotatable bonds is 4. The molecule has 0 radical (unpaired) electrons. The fraction of sp³-hybridized carbons (Fsp3) is 0.304. The van der Waals surface area contributed by atoms with Crippen molar-refractivity contribution < 1.29 is 4.79 Å². The highest BCUT2D eigenvalue weighted by atomic mass is 35.5. The molecule has 0 spiro atoms. The van der Waals surface area contributed by atoms with Crippen molar-refractivity contribution in [2.24, 2.45) is 0 Å². The number of benzene rings is 2. The number of halogens is 1. The second-order valence-electron chi connectivity index (χ2n) is 7.72. The van der Waals surface area contributed by atoms with E-state index in [9.17, 15) is 4.79 Å². The Balaban J connectivity index is 1.44. The molecule has 1 amide bonds. The fourth-order valence-electron chi connectivity index (χ4n) is 3.80. The van der Waals surface area contributed by atoms with Gasteiger partial charge >= 0.3 is 0 Å². The smallest absolute Gasteiger partial charge is 0.251 e. The molecule has 0 bridgehead atoms. The maximum Gasteiger partial charge on any atom is 0.251 e. The van der Waals surface area contributed by atoms with Gasteiger partial charge in [0.05, 0.1) is 5.69 Å². The Hall–Kier alpha value is -2.79. The Kier molecular flexibility index (Phi) is 5.58. The molecule has 0 saturated carbocycles. The summed E-state index contributed by atoms with van der Waals surface area (Å²) in [6, 6.07) is 15.8. The molecule has 1 aromatic heterocycles. The number of aryl methyl sites for hydroxylation is 2. The van der Waals surface area contributed by atoms with Gasteiger partial charge in [-0.3, -0.25) is 9.89 Å². The minimum atomic E-state index is 0.00179. The summed E-state index contributed by atoms with van der Waals surface area (Å²) in [6.45, 7) is 5.67. The van der Waals surface area contributed by atoms with Crippen LogP contribution in [0.2, 0.25) is 5.02 Å². The lowest BCUT2D eigenvalue weighted by Crippen LogP contribution is -2.48. The van der Waals surface area contributed by atoms with Crippen molar-refractivity contribution in [2.75, 3.05) is 18.0 Å². The Morgan fingerprint density at radius 1 is 1.17 bits per heavy atom. The highest BCUT2D eigenvalue weighted by Crippen LogP contribution is 2.25. The van der Waals surface area contributed by atoms with Gasteiger partial charge in [-0.25, -0.2) is 0 Å². The van der Waals surface area contributed by atoms with E-state index in [4.69, 9.17) is 11.6 Å². The van der Waals surface area contributed by atoms with Crippen LogP contribution in [0.3, 0.4) is 0 Å². The van der Waals surface area contributed by atoms with E-state index in [1.165, 1.54) is 0 Å². The molecule has 2 N–H and O–H groups in total. The van der Waals surface area contributed by atoms with Crippen LogP contribution in [0.5, 0.6) is 0 Å². The molecule has 6 heteroatoms. The van der Waals surface area contributed by atoms with Crippen LogP contribution in [0.1, 0.15) is 34.3 Å². The van der Waals surface area contributed by atoms with Crippen molar-refractivity contribution in [3.05, 3.63) is 70.2 Å². The predicted octanol–water partition coefficient (Wildman–Crippen LogP) is 4.75. The fourth-order valence-corrected chi connectivity index (χ4v) is 3.92. The molecule has 3 aromatic rings. The number of aromatic nitrogens is 2. The number of aromatic amines is 1. The SMILES string of the molecule is Cc1ccc(C)c(C(=O)NC2CCCN(c3cc(-c4ccc(Cl)cc4)[nH]n3)C2)c1. The largest absolute Gasteiger partial charge is 0.353 e. The first-order chi connectivity index (χ1) is 14.0. The van der Waals surface area contributed by atoms with Crippen LogP contribution in [0.4, 0.5) is 5.82 Å². The van der Waals surface area contributed by atoms with E-state index in [-0.39, 0.29) is 11.9 Å². The molecule has 150 valence electrons.